The number of aliphatic hydroxyl groups excluding tert-OH is 3. The molecule has 4 fully saturated rings. The number of hydrogen-bond acceptors (Lipinski definition) is 12. The molecule has 14 rings (SSSR count). The van der Waals surface area contributed by atoms with Crippen molar-refractivity contribution in [3.05, 3.63) is 76.4 Å². The highest BCUT2D eigenvalue weighted by Gasteiger charge is 2.60. The van der Waals surface area contributed by atoms with Crippen molar-refractivity contribution >= 4 is 5.96 Å². The Hall–Kier alpha value is -4.49. The highest BCUT2D eigenvalue weighted by molar-refractivity contribution is 5.84. The molecule has 11 aliphatic rings. The van der Waals surface area contributed by atoms with Crippen molar-refractivity contribution in [2.75, 3.05) is 33.4 Å². The molecule has 0 amide bonds. The first kappa shape index (κ1) is 53.5. The molecule has 6 aliphatic heterocycles. The van der Waals surface area contributed by atoms with Crippen LogP contribution in [0.3, 0.4) is 0 Å². The molecule has 76 heavy (non-hydrogen) atoms. The molecule has 414 valence electrons. The van der Waals surface area contributed by atoms with E-state index in [1.54, 1.807) is 13.2 Å². The van der Waals surface area contributed by atoms with Crippen LogP contribution in [0.5, 0.6) is 28.7 Å². The number of methoxy groups -OCH3 is 1. The zero-order valence-electron chi connectivity index (χ0n) is 46.0. The predicted octanol–water partition coefficient (Wildman–Crippen LogP) is 11.1. The second-order valence-corrected chi connectivity index (χ2v) is 25.7. The maximum absolute atomic E-state index is 12.7. The molecular formula is C64H89N3O9. The van der Waals surface area contributed by atoms with E-state index in [4.69, 9.17) is 29.7 Å². The monoisotopic (exact) mass is 1040 g/mol. The normalized spacial score (nSPS) is 34.3. The van der Waals surface area contributed by atoms with Crippen molar-refractivity contribution in [2.45, 2.75) is 192 Å². The van der Waals surface area contributed by atoms with E-state index in [0.29, 0.717) is 91.6 Å². The molecule has 12 heteroatoms. The Bertz CT molecular complexity index is 2620. The number of guanidine groups is 1. The van der Waals surface area contributed by atoms with Crippen LogP contribution >= 0.6 is 0 Å². The summed E-state index contributed by atoms with van der Waals surface area (Å²) in [6.07, 6.45) is 21.9. The average Bonchev–Trinajstić information content (AvgIpc) is 3.88. The van der Waals surface area contributed by atoms with Gasteiger partial charge in [0.2, 0.25) is 0 Å². The first-order valence-electron chi connectivity index (χ1n) is 29.8. The van der Waals surface area contributed by atoms with Crippen molar-refractivity contribution < 1.29 is 44.5 Å². The van der Waals surface area contributed by atoms with Crippen LogP contribution in [-0.4, -0.2) is 88.8 Å². The van der Waals surface area contributed by atoms with Crippen molar-refractivity contribution in [1.29, 1.82) is 0 Å². The standard InChI is InChI=1S/C64H89N3O9/c1-5-39-26-41-14-13-40(39)27-46(69)34-63(19-10-18-62(63)22-24-74-64(36-62)20-7-6-8-21-64)37-67-61(65)66-23-17-47-43(35-68)11-9-12-54(47)75-56-31-42(15-16-51(56)70)60-53(72)32-50-55(76-60)33-57(73-4)59-49-29-45(25-38(2)3)52(71)30-44(49)28-48(41)58(50)59/h13-16,29-31,33,38-41,43,46-48,53-54,60,68-72H,5-12,17-28,32,34-37H2,1-4H3,(H3,65,66,67). The Kier molecular flexibility index (Phi) is 15.5. The van der Waals surface area contributed by atoms with Gasteiger partial charge in [-0.3, -0.25) is 4.99 Å². The summed E-state index contributed by atoms with van der Waals surface area (Å²) in [7, 11) is 1.72. The van der Waals surface area contributed by atoms with E-state index in [1.807, 2.05) is 24.3 Å². The molecule has 12 unspecified atom stereocenters. The SMILES string of the molecule is CCC1CC2C=CC1CC(O)CC1(CCCC13CCOC1(CCCCC1)C3)CN=C(N)NCCC1C(CO)CCCC1Oc1cc(ccc1O)C1Oc3cc(OC)c4c(c3CC1O)C2Cc1cc(O)c(CC(C)C)cc1-4. The number of nitrogens with two attached hydrogens (primary N) is 1. The lowest BCUT2D eigenvalue weighted by molar-refractivity contribution is -0.172. The highest BCUT2D eigenvalue weighted by atomic mass is 16.5. The molecule has 12 nitrogen and oxygen atoms in total. The van der Waals surface area contributed by atoms with Crippen LogP contribution in [0, 0.1) is 46.3 Å². The molecule has 1 saturated heterocycles. The molecule has 8 N–H and O–H groups in total. The summed E-state index contributed by atoms with van der Waals surface area (Å²) in [4.78, 5) is 5.24. The lowest BCUT2D eigenvalue weighted by atomic mass is 9.55. The van der Waals surface area contributed by atoms with Gasteiger partial charge in [-0.15, -0.1) is 0 Å². The maximum Gasteiger partial charge on any atom is 0.188 e. The van der Waals surface area contributed by atoms with Crippen LogP contribution in [0.2, 0.25) is 0 Å². The summed E-state index contributed by atoms with van der Waals surface area (Å²) in [6, 6.07) is 11.4. The third-order valence-electron chi connectivity index (χ3n) is 20.8. The minimum Gasteiger partial charge on any atom is -0.508 e. The maximum atomic E-state index is 12.7. The summed E-state index contributed by atoms with van der Waals surface area (Å²) in [5.74, 6) is 3.49. The highest BCUT2D eigenvalue weighted by Crippen LogP contribution is 2.65. The summed E-state index contributed by atoms with van der Waals surface area (Å²) in [5, 5.41) is 62.3. The number of aliphatic hydroxyl groups is 3. The van der Waals surface area contributed by atoms with E-state index < -0.39 is 18.3 Å². The van der Waals surface area contributed by atoms with Gasteiger partial charge in [-0.1, -0.05) is 71.1 Å². The first-order valence-corrected chi connectivity index (χ1v) is 29.8. The zero-order valence-corrected chi connectivity index (χ0v) is 46.0. The second-order valence-electron chi connectivity index (χ2n) is 25.7. The third kappa shape index (κ3) is 10.1. The van der Waals surface area contributed by atoms with Crippen LogP contribution in [0.1, 0.15) is 176 Å². The zero-order chi connectivity index (χ0) is 52.9. The second kappa shape index (κ2) is 22.0. The van der Waals surface area contributed by atoms with Gasteiger partial charge in [-0.2, -0.15) is 0 Å². The summed E-state index contributed by atoms with van der Waals surface area (Å²) in [6.45, 7) is 8.56. The number of aromatic hydroxyl groups is 2. The van der Waals surface area contributed by atoms with Crippen molar-refractivity contribution in [3.63, 3.8) is 0 Å². The van der Waals surface area contributed by atoms with Gasteiger partial charge in [0.05, 0.1) is 24.9 Å². The smallest absolute Gasteiger partial charge is 0.188 e. The number of nitrogens with zero attached hydrogens (tertiary/aromatic N) is 1. The van der Waals surface area contributed by atoms with Crippen LogP contribution in [0.4, 0.5) is 0 Å². The molecular weight excluding hydrogens is 955 g/mol. The lowest BCUT2D eigenvalue weighted by Crippen LogP contribution is -2.53. The molecule has 0 radical (unpaired) electrons. The Morgan fingerprint density at radius 3 is 2.45 bits per heavy atom. The number of aliphatic imine (C=N–C) groups is 1. The largest absolute Gasteiger partial charge is 0.508 e. The van der Waals surface area contributed by atoms with Gasteiger partial charge in [-0.25, -0.2) is 0 Å². The number of phenols is 2. The van der Waals surface area contributed by atoms with E-state index in [-0.39, 0.29) is 64.5 Å². The average molecular weight is 1040 g/mol. The van der Waals surface area contributed by atoms with Crippen molar-refractivity contribution in [2.24, 2.45) is 57.1 Å². The summed E-state index contributed by atoms with van der Waals surface area (Å²) < 4.78 is 27.0. The summed E-state index contributed by atoms with van der Waals surface area (Å²) in [5.41, 5.74) is 13.5. The molecule has 0 aromatic heterocycles. The fraction of sp³-hybridized carbons (Fsp3) is 0.672. The van der Waals surface area contributed by atoms with Crippen LogP contribution < -0.4 is 25.3 Å². The molecule has 8 bridgehead atoms. The van der Waals surface area contributed by atoms with Crippen molar-refractivity contribution in [3.8, 4) is 39.9 Å². The molecule has 3 saturated carbocycles. The van der Waals surface area contributed by atoms with Crippen LogP contribution in [0.15, 0.2) is 53.5 Å². The molecule has 5 aliphatic carbocycles. The Morgan fingerprint density at radius 1 is 0.842 bits per heavy atom. The predicted molar refractivity (Wildman–Crippen MR) is 297 cm³/mol. The van der Waals surface area contributed by atoms with E-state index in [2.05, 4.69) is 44.3 Å². The van der Waals surface area contributed by atoms with Gasteiger partial charge >= 0.3 is 0 Å². The number of nitrogens with one attached hydrogen (secondary N) is 1. The Balaban J connectivity index is 1.01. The van der Waals surface area contributed by atoms with E-state index in [1.165, 1.54) is 19.3 Å². The van der Waals surface area contributed by atoms with Gasteiger partial charge in [0.1, 0.15) is 29.5 Å². The lowest BCUT2D eigenvalue weighted by Gasteiger charge is -2.55. The number of rotatable bonds is 5. The van der Waals surface area contributed by atoms with Gasteiger partial charge in [0.25, 0.3) is 0 Å². The van der Waals surface area contributed by atoms with E-state index in [0.717, 1.165) is 123 Å². The van der Waals surface area contributed by atoms with Crippen molar-refractivity contribution in [1.82, 2.24) is 5.32 Å². The fourth-order valence-corrected chi connectivity index (χ4v) is 17.1. The quantitative estimate of drug-likeness (QED) is 0.121. The number of ether oxygens (including phenoxy) is 4. The summed E-state index contributed by atoms with van der Waals surface area (Å²) >= 11 is 0. The third-order valence-corrected chi connectivity index (χ3v) is 20.8. The molecule has 3 aromatic rings. The van der Waals surface area contributed by atoms with Gasteiger partial charge in [-0.05, 0) is 195 Å². The van der Waals surface area contributed by atoms with Crippen LogP contribution in [-0.2, 0) is 24.0 Å². The van der Waals surface area contributed by atoms with Crippen LogP contribution in [0.25, 0.3) is 11.1 Å². The first-order chi connectivity index (χ1) is 36.7. The number of hydrogen-bond donors (Lipinski definition) is 7. The van der Waals surface area contributed by atoms with E-state index >= 15 is 0 Å². The number of benzene rings is 3. The minimum atomic E-state index is -0.911. The topological polar surface area (TPSA) is 188 Å². The molecule has 12 atom stereocenters. The van der Waals surface area contributed by atoms with Gasteiger partial charge < -0.3 is 55.5 Å². The minimum absolute atomic E-state index is 0.00261. The number of allylic oxidation sites excluding steroid dienone is 2. The molecule has 3 spiro atoms. The molecule has 6 heterocycles. The Labute approximate surface area is 452 Å². The van der Waals surface area contributed by atoms with E-state index in [9.17, 15) is 25.5 Å². The number of fused-ring (bicyclic) bond motifs is 2. The number of phenolic OH excluding ortho intramolecular Hbond substituents is 2. The van der Waals surface area contributed by atoms with Gasteiger partial charge in [0.15, 0.2) is 17.5 Å². The van der Waals surface area contributed by atoms with Gasteiger partial charge in [0, 0.05) is 55.8 Å². The Morgan fingerprint density at radius 2 is 1.66 bits per heavy atom. The molecule has 3 aromatic carbocycles. The fourth-order valence-electron chi connectivity index (χ4n) is 17.1.